The van der Waals surface area contributed by atoms with E-state index in [1.807, 2.05) is 32.0 Å². The minimum absolute atomic E-state index is 0.0263. The van der Waals surface area contributed by atoms with Crippen molar-refractivity contribution in [2.75, 3.05) is 38.3 Å². The Hall–Kier alpha value is -3.00. The van der Waals surface area contributed by atoms with Crippen molar-refractivity contribution in [3.8, 4) is 5.75 Å². The highest BCUT2D eigenvalue weighted by Crippen LogP contribution is 2.12. The highest BCUT2D eigenvalue weighted by Gasteiger charge is 2.16. The Labute approximate surface area is 158 Å². The molecular formula is C19H23N5O3. The summed E-state index contributed by atoms with van der Waals surface area (Å²) in [4.78, 5) is 22.3. The van der Waals surface area contributed by atoms with E-state index in [1.54, 1.807) is 23.2 Å². The van der Waals surface area contributed by atoms with E-state index in [1.165, 1.54) is 0 Å². The third kappa shape index (κ3) is 5.75. The van der Waals surface area contributed by atoms with Gasteiger partial charge in [-0.25, -0.2) is 15.4 Å². The third-order valence-corrected chi connectivity index (χ3v) is 3.97. The van der Waals surface area contributed by atoms with Gasteiger partial charge in [-0.15, -0.1) is 0 Å². The molecule has 2 heterocycles. The van der Waals surface area contributed by atoms with Crippen LogP contribution in [0.4, 0.5) is 5.95 Å². The molecular weight excluding hydrogens is 346 g/mol. The van der Waals surface area contributed by atoms with Crippen molar-refractivity contribution >= 4 is 18.1 Å². The number of hydrogen-bond acceptors (Lipinski definition) is 7. The van der Waals surface area contributed by atoms with Crippen LogP contribution in [0.2, 0.25) is 0 Å². The van der Waals surface area contributed by atoms with Gasteiger partial charge in [0.25, 0.3) is 5.91 Å². The van der Waals surface area contributed by atoms with Crippen LogP contribution in [-0.4, -0.2) is 59.9 Å². The van der Waals surface area contributed by atoms with Crippen molar-refractivity contribution < 1.29 is 14.3 Å². The number of rotatable bonds is 6. The number of carbonyl (C=O) groups is 1. The fraction of sp³-hybridized carbons (Fsp3) is 0.368. The molecule has 1 amide bonds. The van der Waals surface area contributed by atoms with Crippen LogP contribution >= 0.6 is 0 Å². The summed E-state index contributed by atoms with van der Waals surface area (Å²) >= 11 is 0. The number of nitrogens with zero attached hydrogens (tertiary/aromatic N) is 4. The molecule has 3 rings (SSSR count). The molecule has 0 spiro atoms. The smallest absolute Gasteiger partial charge is 0.260 e. The van der Waals surface area contributed by atoms with Gasteiger partial charge in [0.1, 0.15) is 5.75 Å². The summed E-state index contributed by atoms with van der Waals surface area (Å²) in [5.41, 5.74) is 5.47. The van der Waals surface area contributed by atoms with Gasteiger partial charge in [-0.3, -0.25) is 4.79 Å². The lowest BCUT2D eigenvalue weighted by Crippen LogP contribution is -2.42. The number of aromatic nitrogens is 2. The van der Waals surface area contributed by atoms with E-state index >= 15 is 0 Å². The summed E-state index contributed by atoms with van der Waals surface area (Å²) in [6.45, 7) is 6.25. The SMILES string of the molecule is Cc1cc(C)nc(N/N=C\c2ccc(OCC(=O)N3CCOCC3)cc2)n1. The van der Waals surface area contributed by atoms with Crippen LogP contribution in [0, 0.1) is 13.8 Å². The molecule has 8 nitrogen and oxygen atoms in total. The van der Waals surface area contributed by atoms with E-state index in [-0.39, 0.29) is 12.5 Å². The van der Waals surface area contributed by atoms with Crippen molar-refractivity contribution in [3.05, 3.63) is 47.3 Å². The zero-order valence-electron chi connectivity index (χ0n) is 15.5. The van der Waals surface area contributed by atoms with Crippen molar-refractivity contribution in [3.63, 3.8) is 0 Å². The van der Waals surface area contributed by atoms with Crippen LogP contribution in [-0.2, 0) is 9.53 Å². The molecule has 0 bridgehead atoms. The Kier molecular flexibility index (Phi) is 6.32. The standard InChI is InChI=1S/C19H23N5O3/c1-14-11-15(2)22-19(21-14)23-20-12-16-3-5-17(6-4-16)27-13-18(25)24-7-9-26-10-8-24/h3-6,11-12H,7-10,13H2,1-2H3,(H,21,22,23)/b20-12-. The number of ether oxygens (including phenoxy) is 2. The topological polar surface area (TPSA) is 88.9 Å². The molecule has 1 aromatic heterocycles. The number of benzene rings is 1. The van der Waals surface area contributed by atoms with E-state index in [2.05, 4.69) is 20.5 Å². The molecule has 1 aliphatic rings. The van der Waals surface area contributed by atoms with E-state index < -0.39 is 0 Å². The predicted octanol–water partition coefficient (Wildman–Crippen LogP) is 1.78. The second-order valence-electron chi connectivity index (χ2n) is 6.20. The third-order valence-electron chi connectivity index (χ3n) is 3.97. The molecule has 1 saturated heterocycles. The lowest BCUT2D eigenvalue weighted by molar-refractivity contribution is -0.137. The Morgan fingerprint density at radius 2 is 1.89 bits per heavy atom. The van der Waals surface area contributed by atoms with Gasteiger partial charge in [0.05, 0.1) is 19.4 Å². The van der Waals surface area contributed by atoms with Gasteiger partial charge in [-0.05, 0) is 49.7 Å². The van der Waals surface area contributed by atoms with Crippen LogP contribution in [0.25, 0.3) is 0 Å². The molecule has 0 saturated carbocycles. The minimum atomic E-state index is -0.0263. The summed E-state index contributed by atoms with van der Waals surface area (Å²) in [5, 5.41) is 4.15. The van der Waals surface area contributed by atoms with Crippen molar-refractivity contribution in [1.82, 2.24) is 14.9 Å². The maximum atomic E-state index is 12.1. The fourth-order valence-corrected chi connectivity index (χ4v) is 2.64. The van der Waals surface area contributed by atoms with Gasteiger partial charge < -0.3 is 14.4 Å². The predicted molar refractivity (Wildman–Crippen MR) is 102 cm³/mol. The Morgan fingerprint density at radius 3 is 2.56 bits per heavy atom. The molecule has 1 aromatic carbocycles. The van der Waals surface area contributed by atoms with Crippen molar-refractivity contribution in [2.24, 2.45) is 5.10 Å². The molecule has 8 heteroatoms. The molecule has 1 fully saturated rings. The molecule has 1 N–H and O–H groups in total. The van der Waals surface area contributed by atoms with Gasteiger partial charge >= 0.3 is 0 Å². The average molecular weight is 369 g/mol. The quantitative estimate of drug-likeness (QED) is 0.617. The highest BCUT2D eigenvalue weighted by atomic mass is 16.5. The molecule has 0 aliphatic carbocycles. The number of amides is 1. The van der Waals surface area contributed by atoms with Crippen molar-refractivity contribution in [2.45, 2.75) is 13.8 Å². The first-order valence-electron chi connectivity index (χ1n) is 8.80. The number of morpholine rings is 1. The second kappa shape index (κ2) is 9.09. The van der Waals surface area contributed by atoms with Crippen LogP contribution in [0.1, 0.15) is 17.0 Å². The van der Waals surface area contributed by atoms with Crippen LogP contribution in [0.15, 0.2) is 35.4 Å². The molecule has 1 aliphatic heterocycles. The Balaban J connectivity index is 1.48. The van der Waals surface area contributed by atoms with Gasteiger partial charge in [0.15, 0.2) is 6.61 Å². The second-order valence-corrected chi connectivity index (χ2v) is 6.20. The maximum absolute atomic E-state index is 12.1. The average Bonchev–Trinajstić information content (AvgIpc) is 2.67. The lowest BCUT2D eigenvalue weighted by atomic mass is 10.2. The van der Waals surface area contributed by atoms with Gasteiger partial charge in [-0.2, -0.15) is 5.10 Å². The molecule has 27 heavy (non-hydrogen) atoms. The Bertz CT molecular complexity index is 781. The minimum Gasteiger partial charge on any atom is -0.484 e. The molecule has 0 atom stereocenters. The van der Waals surface area contributed by atoms with Crippen LogP contribution in [0.5, 0.6) is 5.75 Å². The molecule has 0 radical (unpaired) electrons. The van der Waals surface area contributed by atoms with Gasteiger partial charge in [-0.1, -0.05) is 0 Å². The number of hydrazone groups is 1. The van der Waals surface area contributed by atoms with E-state index in [9.17, 15) is 4.79 Å². The summed E-state index contributed by atoms with van der Waals surface area (Å²) in [7, 11) is 0. The summed E-state index contributed by atoms with van der Waals surface area (Å²) < 4.78 is 10.8. The van der Waals surface area contributed by atoms with E-state index in [0.29, 0.717) is 38.0 Å². The fourth-order valence-electron chi connectivity index (χ4n) is 2.64. The number of carbonyl (C=O) groups excluding carboxylic acids is 1. The van der Waals surface area contributed by atoms with Crippen LogP contribution < -0.4 is 10.2 Å². The molecule has 142 valence electrons. The maximum Gasteiger partial charge on any atom is 0.260 e. The molecule has 2 aromatic rings. The normalized spacial score (nSPS) is 14.4. The largest absolute Gasteiger partial charge is 0.484 e. The number of nitrogens with one attached hydrogen (secondary N) is 1. The number of anilines is 1. The number of aryl methyl sites for hydroxylation is 2. The summed E-state index contributed by atoms with van der Waals surface area (Å²) in [6, 6.07) is 9.24. The van der Waals surface area contributed by atoms with E-state index in [0.717, 1.165) is 17.0 Å². The lowest BCUT2D eigenvalue weighted by Gasteiger charge is -2.26. The first-order chi connectivity index (χ1) is 13.1. The zero-order valence-corrected chi connectivity index (χ0v) is 15.5. The molecule has 0 unspecified atom stereocenters. The van der Waals surface area contributed by atoms with Gasteiger partial charge in [0, 0.05) is 24.5 Å². The first kappa shape index (κ1) is 18.8. The van der Waals surface area contributed by atoms with Crippen LogP contribution in [0.3, 0.4) is 0 Å². The van der Waals surface area contributed by atoms with Crippen molar-refractivity contribution in [1.29, 1.82) is 0 Å². The summed E-state index contributed by atoms with van der Waals surface area (Å²) in [5.74, 6) is 1.08. The monoisotopic (exact) mass is 369 g/mol. The first-order valence-corrected chi connectivity index (χ1v) is 8.80. The summed E-state index contributed by atoms with van der Waals surface area (Å²) in [6.07, 6.45) is 1.67. The number of hydrogen-bond donors (Lipinski definition) is 1. The highest BCUT2D eigenvalue weighted by molar-refractivity contribution is 5.80. The Morgan fingerprint density at radius 1 is 1.22 bits per heavy atom. The van der Waals surface area contributed by atoms with E-state index in [4.69, 9.17) is 9.47 Å². The zero-order chi connectivity index (χ0) is 19.1. The van der Waals surface area contributed by atoms with Gasteiger partial charge in [0.2, 0.25) is 5.95 Å².